The number of benzene rings is 1. The van der Waals surface area contributed by atoms with Gasteiger partial charge in [-0.2, -0.15) is 0 Å². The predicted molar refractivity (Wildman–Crippen MR) is 76.2 cm³/mol. The van der Waals surface area contributed by atoms with Gasteiger partial charge in [0.25, 0.3) is 0 Å². The van der Waals surface area contributed by atoms with E-state index in [4.69, 9.17) is 0 Å². The summed E-state index contributed by atoms with van der Waals surface area (Å²) in [5.74, 6) is -1.37. The van der Waals surface area contributed by atoms with Crippen LogP contribution in [-0.2, 0) is 11.2 Å². The molecule has 1 aromatic rings. The van der Waals surface area contributed by atoms with Crippen molar-refractivity contribution in [2.75, 3.05) is 0 Å². The Balaban J connectivity index is 2.82. The molecule has 0 fully saturated rings. The summed E-state index contributed by atoms with van der Waals surface area (Å²) in [6.07, 6.45) is 1.95. The number of rotatable bonds is 7. The van der Waals surface area contributed by atoms with E-state index in [9.17, 15) is 15.0 Å². The number of carboxylic acids is 1. The lowest BCUT2D eigenvalue weighted by atomic mass is 9.83. The lowest BCUT2D eigenvalue weighted by Gasteiger charge is -2.28. The topological polar surface area (TPSA) is 57.5 Å². The largest absolute Gasteiger partial charge is 0.481 e. The maximum atomic E-state index is 11.4. The maximum absolute atomic E-state index is 11.4. The van der Waals surface area contributed by atoms with Gasteiger partial charge in [-0.25, -0.2) is 0 Å². The monoisotopic (exact) mass is 264 g/mol. The Hall–Kier alpha value is -1.35. The molecule has 0 saturated heterocycles. The van der Waals surface area contributed by atoms with Crippen LogP contribution in [0.2, 0.25) is 0 Å². The zero-order chi connectivity index (χ0) is 14.5. The van der Waals surface area contributed by atoms with Crippen molar-refractivity contribution in [2.45, 2.75) is 52.1 Å². The van der Waals surface area contributed by atoms with Gasteiger partial charge in [0.15, 0.2) is 0 Å². The van der Waals surface area contributed by atoms with Gasteiger partial charge in [-0.15, -0.1) is 0 Å². The molecule has 0 aliphatic carbocycles. The van der Waals surface area contributed by atoms with Crippen molar-refractivity contribution in [1.29, 1.82) is 0 Å². The summed E-state index contributed by atoms with van der Waals surface area (Å²) in [5, 5.41) is 19.7. The fourth-order valence-corrected chi connectivity index (χ4v) is 2.37. The fourth-order valence-electron chi connectivity index (χ4n) is 2.37. The molecule has 0 aliphatic heterocycles. The van der Waals surface area contributed by atoms with Crippen molar-refractivity contribution in [1.82, 2.24) is 0 Å². The smallest absolute Gasteiger partial charge is 0.306 e. The maximum Gasteiger partial charge on any atom is 0.306 e. The number of aliphatic carboxylic acids is 1. The molecule has 3 heteroatoms. The third-order valence-corrected chi connectivity index (χ3v) is 3.86. The number of hydrogen-bond acceptors (Lipinski definition) is 2. The molecule has 106 valence electrons. The van der Waals surface area contributed by atoms with Crippen molar-refractivity contribution in [2.24, 2.45) is 5.92 Å². The molecule has 19 heavy (non-hydrogen) atoms. The highest BCUT2D eigenvalue weighted by Gasteiger charge is 2.30. The number of aryl methyl sites for hydroxylation is 1. The first-order valence-electron chi connectivity index (χ1n) is 6.91. The molecule has 0 saturated carbocycles. The molecule has 0 aliphatic rings. The average molecular weight is 264 g/mol. The number of carboxylic acid groups (broad SMARTS) is 1. The van der Waals surface area contributed by atoms with Crippen LogP contribution >= 0.6 is 0 Å². The Labute approximate surface area is 115 Å². The van der Waals surface area contributed by atoms with Crippen molar-refractivity contribution in [3.63, 3.8) is 0 Å². The molecule has 3 nitrogen and oxygen atoms in total. The molecule has 1 unspecified atom stereocenters. The van der Waals surface area contributed by atoms with E-state index in [-0.39, 0.29) is 0 Å². The molecule has 1 rings (SSSR count). The third-order valence-electron chi connectivity index (χ3n) is 3.86. The Bertz CT molecular complexity index is 422. The lowest BCUT2D eigenvalue weighted by molar-refractivity contribution is -0.144. The van der Waals surface area contributed by atoms with Crippen molar-refractivity contribution in [3.8, 4) is 0 Å². The van der Waals surface area contributed by atoms with Gasteiger partial charge in [0.1, 0.15) is 0 Å². The van der Waals surface area contributed by atoms with Gasteiger partial charge < -0.3 is 10.2 Å². The van der Waals surface area contributed by atoms with Gasteiger partial charge in [-0.3, -0.25) is 4.79 Å². The molecule has 1 aromatic carbocycles. The standard InChI is InChI=1S/C16H24O3/c1-4-16(19,5-2)11-14(15(17)18)10-13-8-6-7-12(3)9-13/h6-9,14,19H,4-5,10-11H2,1-3H3,(H,17,18). The van der Waals surface area contributed by atoms with Crippen LogP contribution in [0.25, 0.3) is 0 Å². The van der Waals surface area contributed by atoms with Crippen LogP contribution < -0.4 is 0 Å². The summed E-state index contributed by atoms with van der Waals surface area (Å²) in [6, 6.07) is 7.88. The molecular weight excluding hydrogens is 240 g/mol. The summed E-state index contributed by atoms with van der Waals surface area (Å²) in [5.41, 5.74) is 1.28. The summed E-state index contributed by atoms with van der Waals surface area (Å²) >= 11 is 0. The molecule has 2 N–H and O–H groups in total. The Morgan fingerprint density at radius 2 is 1.95 bits per heavy atom. The first kappa shape index (κ1) is 15.7. The van der Waals surface area contributed by atoms with Gasteiger partial charge in [-0.05, 0) is 38.2 Å². The highest BCUT2D eigenvalue weighted by Crippen LogP contribution is 2.27. The second-order valence-electron chi connectivity index (χ2n) is 5.36. The summed E-state index contributed by atoms with van der Waals surface area (Å²) in [7, 11) is 0. The quantitative estimate of drug-likeness (QED) is 0.795. The van der Waals surface area contributed by atoms with Crippen LogP contribution in [0, 0.1) is 12.8 Å². The Morgan fingerprint density at radius 1 is 1.32 bits per heavy atom. The molecule has 1 atom stereocenters. The van der Waals surface area contributed by atoms with E-state index in [1.165, 1.54) is 0 Å². The molecule has 0 amide bonds. The van der Waals surface area contributed by atoms with Crippen LogP contribution in [0.1, 0.15) is 44.2 Å². The predicted octanol–water partition coefficient (Wildman–Crippen LogP) is 3.18. The average Bonchev–Trinajstić information content (AvgIpc) is 2.37. The lowest BCUT2D eigenvalue weighted by Crippen LogP contribution is -2.33. The Kier molecular flexibility index (Phi) is 5.55. The van der Waals surface area contributed by atoms with E-state index in [1.807, 2.05) is 45.0 Å². The molecule has 0 bridgehead atoms. The molecule has 0 spiro atoms. The zero-order valence-electron chi connectivity index (χ0n) is 12.0. The van der Waals surface area contributed by atoms with E-state index < -0.39 is 17.5 Å². The number of aliphatic hydroxyl groups is 1. The van der Waals surface area contributed by atoms with Crippen molar-refractivity contribution < 1.29 is 15.0 Å². The highest BCUT2D eigenvalue weighted by molar-refractivity contribution is 5.70. The van der Waals surface area contributed by atoms with E-state index in [1.54, 1.807) is 0 Å². The van der Waals surface area contributed by atoms with Gasteiger partial charge >= 0.3 is 5.97 Å². The van der Waals surface area contributed by atoms with E-state index in [2.05, 4.69) is 0 Å². The minimum atomic E-state index is -0.868. The van der Waals surface area contributed by atoms with Crippen LogP contribution in [0.15, 0.2) is 24.3 Å². The molecule has 0 heterocycles. The number of carbonyl (C=O) groups is 1. The second-order valence-corrected chi connectivity index (χ2v) is 5.36. The third kappa shape index (κ3) is 4.67. The normalized spacial score (nSPS) is 13.3. The first-order chi connectivity index (χ1) is 8.90. The van der Waals surface area contributed by atoms with Crippen LogP contribution in [-0.4, -0.2) is 21.8 Å². The molecular formula is C16H24O3. The van der Waals surface area contributed by atoms with Gasteiger partial charge in [0.2, 0.25) is 0 Å². The van der Waals surface area contributed by atoms with E-state index >= 15 is 0 Å². The Morgan fingerprint density at radius 3 is 2.42 bits per heavy atom. The van der Waals surface area contributed by atoms with Crippen molar-refractivity contribution >= 4 is 5.97 Å². The molecule has 0 aromatic heterocycles. The van der Waals surface area contributed by atoms with E-state index in [0.29, 0.717) is 25.7 Å². The highest BCUT2D eigenvalue weighted by atomic mass is 16.4. The van der Waals surface area contributed by atoms with Crippen molar-refractivity contribution in [3.05, 3.63) is 35.4 Å². The van der Waals surface area contributed by atoms with Crippen LogP contribution in [0.3, 0.4) is 0 Å². The van der Waals surface area contributed by atoms with Gasteiger partial charge in [0.05, 0.1) is 11.5 Å². The number of hydrogen-bond donors (Lipinski definition) is 2. The van der Waals surface area contributed by atoms with Crippen LogP contribution in [0.4, 0.5) is 0 Å². The second kappa shape index (κ2) is 6.71. The zero-order valence-corrected chi connectivity index (χ0v) is 12.0. The minimum Gasteiger partial charge on any atom is -0.481 e. The minimum absolute atomic E-state index is 0.309. The van der Waals surface area contributed by atoms with Gasteiger partial charge in [-0.1, -0.05) is 43.7 Å². The molecule has 0 radical (unpaired) electrons. The summed E-state index contributed by atoms with van der Waals surface area (Å²) < 4.78 is 0. The SMILES string of the molecule is CCC(O)(CC)CC(Cc1cccc(C)c1)C(=O)O. The van der Waals surface area contributed by atoms with E-state index in [0.717, 1.165) is 11.1 Å². The van der Waals surface area contributed by atoms with Gasteiger partial charge in [0, 0.05) is 0 Å². The fraction of sp³-hybridized carbons (Fsp3) is 0.562. The summed E-state index contributed by atoms with van der Waals surface area (Å²) in [4.78, 5) is 11.4. The summed E-state index contributed by atoms with van der Waals surface area (Å²) in [6.45, 7) is 5.79. The first-order valence-corrected chi connectivity index (χ1v) is 6.91. The van der Waals surface area contributed by atoms with Crippen LogP contribution in [0.5, 0.6) is 0 Å².